The average Bonchev–Trinajstić information content (AvgIpc) is 3.51. The molecule has 4 aliphatic carbocycles. The van der Waals surface area contributed by atoms with Crippen LogP contribution in [0.5, 0.6) is 0 Å². The van der Waals surface area contributed by atoms with E-state index >= 15 is 4.39 Å². The van der Waals surface area contributed by atoms with Crippen molar-refractivity contribution < 1.29 is 38.9 Å². The molecule has 0 radical (unpaired) electrons. The highest BCUT2D eigenvalue weighted by molar-refractivity contribution is 7.99. The molecule has 0 saturated heterocycles. The number of thioether (sulfide) groups is 2. The van der Waals surface area contributed by atoms with E-state index in [2.05, 4.69) is 30.6 Å². The molecule has 0 spiro atoms. The Bertz CT molecular complexity index is 2450. The number of halogens is 1. The molecule has 2 aromatic heterocycles. The first kappa shape index (κ1) is 52.0. The zero-order valence-electron chi connectivity index (χ0n) is 40.1. The number of allylic oxidation sites excluding steroid dienone is 4. The number of fused-ring (bicyclic) bond motifs is 6. The fourth-order valence-electron chi connectivity index (χ4n) is 11.7. The van der Waals surface area contributed by atoms with Crippen molar-refractivity contribution in [1.29, 1.82) is 0 Å². The molecule has 9 N–H and O–H groups in total. The minimum Gasteiger partial charge on any atom is -0.480 e. The van der Waals surface area contributed by atoms with Gasteiger partial charge in [0.25, 0.3) is 11.8 Å². The van der Waals surface area contributed by atoms with Gasteiger partial charge in [-0.15, -0.1) is 0 Å². The molecule has 2 amide bonds. The molecule has 19 heteroatoms. The van der Waals surface area contributed by atoms with Crippen molar-refractivity contribution >= 4 is 75.7 Å². The predicted molar refractivity (Wildman–Crippen MR) is 269 cm³/mol. The molecule has 69 heavy (non-hydrogen) atoms. The number of aliphatic hydroxyl groups excluding tert-OH is 1. The number of carbonyl (C=O) groups is 4. The number of anilines is 3. The number of rotatable bonds is 22. The van der Waals surface area contributed by atoms with Gasteiger partial charge in [0.15, 0.2) is 34.0 Å². The van der Waals surface area contributed by atoms with E-state index in [1.165, 1.54) is 12.2 Å². The van der Waals surface area contributed by atoms with Crippen LogP contribution in [0.15, 0.2) is 54.3 Å². The number of aromatic nitrogens is 4. The number of nitrogens with one attached hydrogen (secondary N) is 2. The maximum Gasteiger partial charge on any atom is 0.326 e. The minimum absolute atomic E-state index is 0.0233. The van der Waals surface area contributed by atoms with Gasteiger partial charge in [0.05, 0.1) is 24.5 Å². The average molecular weight is 990 g/mol. The molecule has 0 aliphatic heterocycles. The molecule has 9 atom stereocenters. The molecule has 16 nitrogen and oxygen atoms in total. The van der Waals surface area contributed by atoms with Crippen LogP contribution >= 0.6 is 23.5 Å². The van der Waals surface area contributed by atoms with Crippen LogP contribution in [0.1, 0.15) is 107 Å². The number of benzene rings is 1. The number of amides is 2. The molecule has 4 aliphatic rings. The van der Waals surface area contributed by atoms with Gasteiger partial charge < -0.3 is 42.3 Å². The van der Waals surface area contributed by atoms with E-state index in [0.717, 1.165) is 55.7 Å². The summed E-state index contributed by atoms with van der Waals surface area (Å²) in [7, 11) is 1.87. The Morgan fingerprint density at radius 2 is 1.65 bits per heavy atom. The summed E-state index contributed by atoms with van der Waals surface area (Å²) in [6.45, 7) is 6.29. The molecule has 1 aromatic carbocycles. The van der Waals surface area contributed by atoms with Crippen LogP contribution in [0.3, 0.4) is 0 Å². The molecule has 7 rings (SSSR count). The summed E-state index contributed by atoms with van der Waals surface area (Å²) < 4.78 is 17.5. The Hall–Kier alpha value is -4.85. The van der Waals surface area contributed by atoms with Gasteiger partial charge in [0.1, 0.15) is 6.04 Å². The fourth-order valence-corrected chi connectivity index (χ4v) is 13.6. The fraction of sp³-hybridized carbons (Fsp3) is 0.600. The van der Waals surface area contributed by atoms with Crippen LogP contribution in [0.25, 0.3) is 11.2 Å². The van der Waals surface area contributed by atoms with Crippen LogP contribution < -0.4 is 27.0 Å². The van der Waals surface area contributed by atoms with E-state index in [9.17, 15) is 34.5 Å². The molecule has 374 valence electrons. The van der Waals surface area contributed by atoms with Crippen molar-refractivity contribution in [3.05, 3.63) is 65.5 Å². The highest BCUT2D eigenvalue weighted by Gasteiger charge is 2.75. The Labute approximate surface area is 411 Å². The summed E-state index contributed by atoms with van der Waals surface area (Å²) in [5.41, 5.74) is 8.92. The number of aliphatic hydroxyl groups is 2. The lowest BCUT2D eigenvalue weighted by Crippen LogP contribution is -2.70. The summed E-state index contributed by atoms with van der Waals surface area (Å²) in [6.07, 6.45) is 13.0. The van der Waals surface area contributed by atoms with E-state index in [0.29, 0.717) is 78.3 Å². The van der Waals surface area contributed by atoms with E-state index in [-0.39, 0.29) is 29.9 Å². The normalized spacial score (nSPS) is 28.6. The standard InChI is InChI=1S/C50H68FN9O7S2/c1-30-25-37-36-16-13-32-26-35(61)17-19-47(32,2)49(36,51)39(62)27-48(37,3)50(30,67)45(66)54-20-24-69-22-10-8-6-5-7-9-21-68-23-18-38(44(64)65)57-43(63)31-11-14-34(15-12-31)60(4)29-33-28-55-42-40(56-33)41(52)58-46(53)59-42/h11-12,14-15,17,19,26,28,30,36-39,62,67H,5-10,13,16,18,20-25,27,29H2,1-4H3,(H,54,66)(H,57,63)(H,64,65)(H4,52,53,55,58,59)/t30-,36?,37?,38?,39?,47+,48+,49?,50?/m1/s1. The van der Waals surface area contributed by atoms with Crippen LogP contribution in [-0.4, -0.2) is 119 Å². The summed E-state index contributed by atoms with van der Waals surface area (Å²) in [5.74, 6) is -0.0315. The van der Waals surface area contributed by atoms with Gasteiger partial charge >= 0.3 is 5.97 Å². The number of hydrogen-bond donors (Lipinski definition) is 7. The van der Waals surface area contributed by atoms with Gasteiger partial charge in [-0.25, -0.2) is 19.2 Å². The second-order valence-electron chi connectivity index (χ2n) is 19.8. The minimum atomic E-state index is -2.00. The van der Waals surface area contributed by atoms with E-state index in [4.69, 9.17) is 11.5 Å². The summed E-state index contributed by atoms with van der Waals surface area (Å²) in [6, 6.07) is 5.88. The van der Waals surface area contributed by atoms with Crippen LogP contribution in [-0.2, 0) is 20.9 Å². The van der Waals surface area contributed by atoms with Gasteiger partial charge in [-0.1, -0.05) is 51.2 Å². The summed E-state index contributed by atoms with van der Waals surface area (Å²) >= 11 is 3.46. The predicted octanol–water partition coefficient (Wildman–Crippen LogP) is 6.06. The Balaban J connectivity index is 0.730. The molecular weight excluding hydrogens is 922 g/mol. The van der Waals surface area contributed by atoms with E-state index in [1.807, 2.05) is 25.8 Å². The van der Waals surface area contributed by atoms with Crippen molar-refractivity contribution in [2.75, 3.05) is 53.0 Å². The number of nitrogens with zero attached hydrogens (tertiary/aromatic N) is 5. The van der Waals surface area contributed by atoms with Crippen LogP contribution in [0.2, 0.25) is 0 Å². The number of carbonyl (C=O) groups excluding carboxylic acids is 3. The first-order valence-electron chi connectivity index (χ1n) is 24.2. The largest absolute Gasteiger partial charge is 0.480 e. The first-order valence-corrected chi connectivity index (χ1v) is 26.5. The van der Waals surface area contributed by atoms with Gasteiger partial charge in [-0.05, 0) is 117 Å². The number of unbranched alkanes of at least 4 members (excludes halogenated alkanes) is 5. The molecular formula is C50H68FN9O7S2. The van der Waals surface area contributed by atoms with E-state index < -0.39 is 63.9 Å². The zero-order chi connectivity index (χ0) is 49.7. The highest BCUT2D eigenvalue weighted by atomic mass is 32.2. The first-order chi connectivity index (χ1) is 32.8. The smallest absolute Gasteiger partial charge is 0.326 e. The van der Waals surface area contributed by atoms with Crippen molar-refractivity contribution in [3.63, 3.8) is 0 Å². The van der Waals surface area contributed by atoms with Crippen molar-refractivity contribution in [1.82, 2.24) is 30.6 Å². The second kappa shape index (κ2) is 21.6. The maximum atomic E-state index is 17.5. The Kier molecular flexibility index (Phi) is 16.3. The Morgan fingerprint density at radius 1 is 0.971 bits per heavy atom. The third kappa shape index (κ3) is 10.5. The number of ketones is 1. The SMILES string of the molecule is C[C@@H]1CC2C3CCC4=CC(=O)C=C[C@]4(C)C3(F)C(O)C[C@]2(C)C1(O)C(=O)NCCSCCCCCCCCSCCC(NC(=O)c1ccc(N(C)Cc2cnc3nc(N)nc(N)c3n2)cc1)C(=O)O. The van der Waals surface area contributed by atoms with E-state index in [1.54, 1.807) is 67.0 Å². The molecule has 6 unspecified atom stereocenters. The summed E-state index contributed by atoms with van der Waals surface area (Å²) in [4.78, 5) is 69.7. The molecule has 3 saturated carbocycles. The number of alkyl halides is 1. The third-order valence-electron chi connectivity index (χ3n) is 15.6. The lowest BCUT2D eigenvalue weighted by Gasteiger charge is -2.62. The topological polar surface area (TPSA) is 260 Å². The van der Waals surface area contributed by atoms with Crippen LogP contribution in [0.4, 0.5) is 21.8 Å². The number of aliphatic carboxylic acids is 1. The van der Waals surface area contributed by atoms with Crippen LogP contribution in [0, 0.1) is 28.6 Å². The number of carboxylic acid groups (broad SMARTS) is 1. The highest BCUT2D eigenvalue weighted by Crippen LogP contribution is 2.70. The van der Waals surface area contributed by atoms with Crippen molar-refractivity contribution in [3.8, 4) is 0 Å². The zero-order valence-corrected chi connectivity index (χ0v) is 41.7. The van der Waals surface area contributed by atoms with Gasteiger partial charge in [0, 0.05) is 47.3 Å². The molecule has 2 heterocycles. The quantitative estimate of drug-likeness (QED) is 0.0564. The third-order valence-corrected chi connectivity index (χ3v) is 17.7. The number of hydrogen-bond acceptors (Lipinski definition) is 15. The summed E-state index contributed by atoms with van der Waals surface area (Å²) in [5, 5.41) is 39.3. The molecule has 0 bridgehead atoms. The van der Waals surface area contributed by atoms with Gasteiger partial charge in [-0.3, -0.25) is 14.4 Å². The second-order valence-corrected chi connectivity index (χ2v) is 22.3. The van der Waals surface area contributed by atoms with Gasteiger partial charge in [0.2, 0.25) is 5.95 Å². The van der Waals surface area contributed by atoms with Crippen molar-refractivity contribution in [2.24, 2.45) is 28.6 Å². The van der Waals surface area contributed by atoms with Crippen molar-refractivity contribution in [2.45, 2.75) is 121 Å². The number of carboxylic acids is 1. The lowest BCUT2D eigenvalue weighted by atomic mass is 9.44. The number of nitrogen functional groups attached to an aromatic ring is 2. The van der Waals surface area contributed by atoms with Gasteiger partial charge in [-0.2, -0.15) is 33.5 Å². The molecule has 3 fully saturated rings. The number of nitrogens with two attached hydrogens (primary N) is 2. The molecule has 3 aromatic rings. The monoisotopic (exact) mass is 989 g/mol. The maximum absolute atomic E-state index is 17.5. The Morgan fingerprint density at radius 3 is 2.35 bits per heavy atom. The lowest BCUT2D eigenvalue weighted by molar-refractivity contribution is -0.219.